The highest BCUT2D eigenvalue weighted by molar-refractivity contribution is 5.84. The van der Waals surface area contributed by atoms with Crippen LogP contribution in [0, 0.1) is 11.8 Å². The summed E-state index contributed by atoms with van der Waals surface area (Å²) in [7, 11) is 6.60. The molecule has 38 heavy (non-hydrogen) atoms. The van der Waals surface area contributed by atoms with Gasteiger partial charge >= 0.3 is 0 Å². The van der Waals surface area contributed by atoms with Crippen molar-refractivity contribution in [3.05, 3.63) is 66.4 Å². The van der Waals surface area contributed by atoms with E-state index in [0.29, 0.717) is 29.1 Å². The lowest BCUT2D eigenvalue weighted by Crippen LogP contribution is -2.79. The van der Waals surface area contributed by atoms with Crippen LogP contribution in [0.3, 0.4) is 0 Å². The van der Waals surface area contributed by atoms with Crippen LogP contribution in [0.4, 0.5) is 0 Å². The molecule has 0 bridgehead atoms. The Morgan fingerprint density at radius 3 is 2.45 bits per heavy atom. The second kappa shape index (κ2) is 9.17. The fourth-order valence-corrected chi connectivity index (χ4v) is 8.07. The lowest BCUT2D eigenvalue weighted by Gasteiger charge is -2.67. The molecule has 3 heterocycles. The van der Waals surface area contributed by atoms with Gasteiger partial charge in [0.15, 0.2) is 11.5 Å². The number of allylic oxidation sites excluding steroid dienone is 1. The number of methoxy groups -OCH3 is 4. The van der Waals surface area contributed by atoms with Crippen molar-refractivity contribution in [2.45, 2.75) is 43.5 Å². The van der Waals surface area contributed by atoms with Crippen LogP contribution < -0.4 is 18.9 Å². The number of aromatic nitrogens is 1. The van der Waals surface area contributed by atoms with Crippen LogP contribution in [-0.4, -0.2) is 61.1 Å². The average Bonchev–Trinajstić information content (AvgIpc) is 3.07. The molecule has 7 nitrogen and oxygen atoms in total. The first-order valence-corrected chi connectivity index (χ1v) is 13.3. The van der Waals surface area contributed by atoms with Gasteiger partial charge in [-0.2, -0.15) is 0 Å². The molecule has 2 aromatic carbocycles. The first kappa shape index (κ1) is 25.0. The number of hydrogen-bond donors (Lipinski definition) is 1. The van der Waals surface area contributed by atoms with Crippen molar-refractivity contribution < 1.29 is 28.5 Å². The Bertz CT molecular complexity index is 1370. The van der Waals surface area contributed by atoms with Crippen molar-refractivity contribution in [2.24, 2.45) is 11.8 Å². The summed E-state index contributed by atoms with van der Waals surface area (Å²) in [5.74, 6) is 3.70. The van der Waals surface area contributed by atoms with Crippen LogP contribution in [0.1, 0.15) is 36.5 Å². The summed E-state index contributed by atoms with van der Waals surface area (Å²) < 4.78 is 23.3. The van der Waals surface area contributed by atoms with Gasteiger partial charge in [-0.05, 0) is 47.9 Å². The highest BCUT2D eigenvalue weighted by Gasteiger charge is 2.78. The van der Waals surface area contributed by atoms with E-state index in [0.717, 1.165) is 58.2 Å². The summed E-state index contributed by atoms with van der Waals surface area (Å²) in [5, 5.41) is 13.1. The van der Waals surface area contributed by atoms with Crippen molar-refractivity contribution in [1.82, 2.24) is 4.98 Å². The fourth-order valence-electron chi connectivity index (χ4n) is 8.07. The maximum Gasteiger partial charge on any atom is 0.203 e. The van der Waals surface area contributed by atoms with Crippen LogP contribution in [0.2, 0.25) is 0 Å². The second-order valence-electron chi connectivity index (χ2n) is 11.0. The Kier molecular flexibility index (Phi) is 6.04. The third-order valence-corrected chi connectivity index (χ3v) is 9.91. The van der Waals surface area contributed by atoms with Crippen LogP contribution in [-0.2, 0) is 6.54 Å². The van der Waals surface area contributed by atoms with Crippen LogP contribution in [0.25, 0.3) is 10.9 Å². The molecule has 6 unspecified atom stereocenters. The Hall–Kier alpha value is -3.29. The number of rotatable bonds is 9. The van der Waals surface area contributed by atoms with Gasteiger partial charge in [-0.1, -0.05) is 6.08 Å². The molecule has 0 amide bonds. The van der Waals surface area contributed by atoms with Crippen LogP contribution >= 0.6 is 0 Å². The fraction of sp³-hybridized carbons (Fsp3) is 0.452. The summed E-state index contributed by atoms with van der Waals surface area (Å²) >= 11 is 0. The third-order valence-electron chi connectivity index (χ3n) is 9.91. The van der Waals surface area contributed by atoms with Crippen molar-refractivity contribution in [3.63, 3.8) is 0 Å². The van der Waals surface area contributed by atoms with E-state index in [4.69, 9.17) is 18.9 Å². The topological polar surface area (TPSA) is 70.0 Å². The molecular weight excluding hydrogens is 480 g/mol. The molecule has 1 aliphatic carbocycles. The SMILES string of the molecule is C=CC1CC23CC[N+]2(Cc2cc(OC)c(OC)c(OC)c2)C(C(O)c2ccnc4ccc(OC)cc24)CC13. The quantitative estimate of drug-likeness (QED) is 0.316. The van der Waals surface area contributed by atoms with E-state index in [2.05, 4.69) is 29.8 Å². The number of aliphatic hydroxyl groups excluding tert-OH is 1. The van der Waals surface area contributed by atoms with E-state index in [-0.39, 0.29) is 11.6 Å². The Morgan fingerprint density at radius 2 is 1.84 bits per heavy atom. The molecule has 3 aromatic rings. The lowest BCUT2D eigenvalue weighted by atomic mass is 9.54. The molecule has 0 radical (unpaired) electrons. The molecule has 200 valence electrons. The highest BCUT2D eigenvalue weighted by atomic mass is 16.5. The highest BCUT2D eigenvalue weighted by Crippen LogP contribution is 2.69. The zero-order chi connectivity index (χ0) is 26.7. The van der Waals surface area contributed by atoms with E-state index >= 15 is 0 Å². The maximum atomic E-state index is 12.2. The second-order valence-corrected chi connectivity index (χ2v) is 11.0. The van der Waals surface area contributed by atoms with E-state index in [9.17, 15) is 5.11 Å². The summed E-state index contributed by atoms with van der Waals surface area (Å²) in [6.45, 7) is 5.97. The molecule has 6 atom stereocenters. The van der Waals surface area contributed by atoms with Crippen molar-refractivity contribution in [1.29, 1.82) is 0 Å². The molecule has 2 saturated heterocycles. The molecule has 7 heteroatoms. The van der Waals surface area contributed by atoms with Crippen LogP contribution in [0.15, 0.2) is 55.3 Å². The number of nitrogens with zero attached hydrogens (tertiary/aromatic N) is 2. The monoisotopic (exact) mass is 517 g/mol. The molecule has 1 aromatic heterocycles. The predicted molar refractivity (Wildman–Crippen MR) is 146 cm³/mol. The predicted octanol–water partition coefficient (Wildman–Crippen LogP) is 5.06. The van der Waals surface area contributed by atoms with Gasteiger partial charge in [-0.15, -0.1) is 6.58 Å². The molecular formula is C31H37N2O5+. The van der Waals surface area contributed by atoms with Gasteiger partial charge in [0, 0.05) is 35.9 Å². The summed E-state index contributed by atoms with van der Waals surface area (Å²) in [5.41, 5.74) is 3.08. The zero-order valence-corrected chi connectivity index (χ0v) is 22.6. The molecule has 3 fully saturated rings. The largest absolute Gasteiger partial charge is 0.497 e. The average molecular weight is 518 g/mol. The molecule has 1 saturated carbocycles. The first-order valence-electron chi connectivity index (χ1n) is 13.3. The summed E-state index contributed by atoms with van der Waals surface area (Å²) in [6, 6.07) is 12.0. The van der Waals surface area contributed by atoms with Gasteiger partial charge in [0.05, 0.1) is 46.9 Å². The number of hydrogen-bond acceptors (Lipinski definition) is 6. The standard InChI is InChI=1S/C31H37N2O5/c1-6-20-17-31-10-12-33(31,18-19-13-27(36-3)30(38-5)28(14-19)37-4)26(16-24(20)31)29(34)22-9-11-32-25-8-7-21(35-2)15-23(22)25/h6-9,11,13-15,20,24,26,29,34H,1,10,12,16-18H2,2-5H3/q+1. The number of ether oxygens (including phenoxy) is 4. The Balaban J connectivity index is 1.44. The molecule has 3 aliphatic rings. The van der Waals surface area contributed by atoms with E-state index < -0.39 is 6.10 Å². The minimum absolute atomic E-state index is 0.0505. The van der Waals surface area contributed by atoms with Crippen molar-refractivity contribution in [2.75, 3.05) is 35.0 Å². The smallest absolute Gasteiger partial charge is 0.203 e. The number of benzene rings is 2. The van der Waals surface area contributed by atoms with E-state index in [1.54, 1.807) is 34.6 Å². The molecule has 1 spiro atoms. The van der Waals surface area contributed by atoms with Crippen molar-refractivity contribution in [3.8, 4) is 23.0 Å². The minimum atomic E-state index is -0.636. The van der Waals surface area contributed by atoms with Gasteiger partial charge in [0.1, 0.15) is 30.0 Å². The van der Waals surface area contributed by atoms with Gasteiger partial charge in [-0.25, -0.2) is 0 Å². The number of aliphatic hydroxyl groups is 1. The van der Waals surface area contributed by atoms with Gasteiger partial charge < -0.3 is 28.5 Å². The number of quaternary nitrogens is 1. The number of fused-ring (bicyclic) bond motifs is 1. The Morgan fingerprint density at radius 1 is 1.08 bits per heavy atom. The van der Waals surface area contributed by atoms with E-state index in [1.165, 1.54) is 6.42 Å². The molecule has 2 aliphatic heterocycles. The molecule has 6 rings (SSSR count). The van der Waals surface area contributed by atoms with Crippen LogP contribution in [0.5, 0.6) is 23.0 Å². The Labute approximate surface area is 224 Å². The number of pyridine rings is 1. The van der Waals surface area contributed by atoms with Gasteiger partial charge in [0.2, 0.25) is 5.75 Å². The van der Waals surface area contributed by atoms with Gasteiger partial charge in [0.25, 0.3) is 0 Å². The van der Waals surface area contributed by atoms with E-state index in [1.807, 2.05) is 24.3 Å². The minimum Gasteiger partial charge on any atom is -0.497 e. The first-order chi connectivity index (χ1) is 18.4. The molecule has 1 N–H and O–H groups in total. The summed E-state index contributed by atoms with van der Waals surface area (Å²) in [6.07, 6.45) is 6.57. The third kappa shape index (κ3) is 3.31. The van der Waals surface area contributed by atoms with Crippen molar-refractivity contribution >= 4 is 10.9 Å². The normalized spacial score (nSPS) is 29.9. The lowest BCUT2D eigenvalue weighted by molar-refractivity contribution is -1.05. The van der Waals surface area contributed by atoms with Gasteiger partial charge in [-0.3, -0.25) is 4.98 Å². The zero-order valence-electron chi connectivity index (χ0n) is 22.6. The summed E-state index contributed by atoms with van der Waals surface area (Å²) in [4.78, 5) is 4.56. The maximum absolute atomic E-state index is 12.2.